The summed E-state index contributed by atoms with van der Waals surface area (Å²) in [5, 5.41) is 11.4. The van der Waals surface area contributed by atoms with Crippen LogP contribution in [-0.4, -0.2) is 37.5 Å². The van der Waals surface area contributed by atoms with Gasteiger partial charge in [0.25, 0.3) is 11.7 Å². The minimum absolute atomic E-state index is 0.0925. The Labute approximate surface area is 198 Å². The van der Waals surface area contributed by atoms with Crippen molar-refractivity contribution < 1.29 is 19.4 Å². The number of benzene rings is 3. The Morgan fingerprint density at radius 1 is 1.03 bits per heavy atom. The predicted octanol–water partition coefficient (Wildman–Crippen LogP) is 4.62. The lowest BCUT2D eigenvalue weighted by molar-refractivity contribution is -0.132. The molecule has 1 fully saturated rings. The molecule has 1 amide bonds. The third-order valence-corrected chi connectivity index (χ3v) is 6.53. The number of aryl methyl sites for hydroxylation is 1. The van der Waals surface area contributed by atoms with Crippen molar-refractivity contribution in [2.75, 3.05) is 30.5 Å². The smallest absolute Gasteiger partial charge is 0.300 e. The monoisotopic (exact) mass is 454 g/mol. The zero-order valence-corrected chi connectivity index (χ0v) is 19.4. The van der Waals surface area contributed by atoms with Gasteiger partial charge < -0.3 is 14.7 Å². The maximum Gasteiger partial charge on any atom is 0.300 e. The molecule has 0 aliphatic carbocycles. The molecular formula is C28H26N2O4. The largest absolute Gasteiger partial charge is 0.507 e. The molecule has 0 saturated carbocycles. The molecular weight excluding hydrogens is 428 g/mol. The van der Waals surface area contributed by atoms with Crippen LogP contribution in [0.15, 0.2) is 72.3 Å². The Hall–Kier alpha value is -4.06. The summed E-state index contributed by atoms with van der Waals surface area (Å²) in [4.78, 5) is 30.2. The van der Waals surface area contributed by atoms with Gasteiger partial charge in [0, 0.05) is 37.5 Å². The number of Topliss-reactive ketones (excluding diaryl/α,β-unsaturated/α-hetero) is 1. The van der Waals surface area contributed by atoms with E-state index in [0.717, 1.165) is 34.5 Å². The first-order valence-corrected chi connectivity index (χ1v) is 11.3. The Morgan fingerprint density at radius 3 is 2.47 bits per heavy atom. The number of aliphatic hydroxyl groups excluding tert-OH is 1. The third kappa shape index (κ3) is 3.52. The highest BCUT2D eigenvalue weighted by Crippen LogP contribution is 2.43. The number of amides is 1. The van der Waals surface area contributed by atoms with E-state index in [2.05, 4.69) is 0 Å². The summed E-state index contributed by atoms with van der Waals surface area (Å²) in [6.07, 6.45) is 0.740. The first kappa shape index (κ1) is 21.8. The maximum atomic E-state index is 13.4. The summed E-state index contributed by atoms with van der Waals surface area (Å²) >= 11 is 0. The van der Waals surface area contributed by atoms with E-state index in [-0.39, 0.29) is 11.3 Å². The number of carbonyl (C=O) groups excluding carboxylic acids is 2. The van der Waals surface area contributed by atoms with Crippen LogP contribution < -0.4 is 14.5 Å². The zero-order chi connectivity index (χ0) is 24.0. The average Bonchev–Trinajstić information content (AvgIpc) is 3.41. The minimum atomic E-state index is -0.740. The van der Waals surface area contributed by atoms with Gasteiger partial charge in [0.2, 0.25) is 0 Å². The van der Waals surface area contributed by atoms with Gasteiger partial charge in [0.1, 0.15) is 11.5 Å². The van der Waals surface area contributed by atoms with Crippen LogP contribution in [0.2, 0.25) is 0 Å². The summed E-state index contributed by atoms with van der Waals surface area (Å²) in [7, 11) is 3.88. The van der Waals surface area contributed by atoms with Crippen molar-refractivity contribution in [3.63, 3.8) is 0 Å². The fourth-order valence-electron chi connectivity index (χ4n) is 4.69. The zero-order valence-electron chi connectivity index (χ0n) is 19.4. The molecule has 0 spiro atoms. The van der Waals surface area contributed by atoms with Crippen molar-refractivity contribution in [2.45, 2.75) is 19.4 Å². The molecule has 0 radical (unpaired) electrons. The molecule has 172 valence electrons. The van der Waals surface area contributed by atoms with Crippen LogP contribution >= 0.6 is 0 Å². The number of carbonyl (C=O) groups is 2. The molecule has 6 nitrogen and oxygen atoms in total. The average molecular weight is 455 g/mol. The first-order chi connectivity index (χ1) is 16.4. The minimum Gasteiger partial charge on any atom is -0.507 e. The quantitative estimate of drug-likeness (QED) is 0.354. The van der Waals surface area contributed by atoms with Crippen LogP contribution in [-0.2, 0) is 16.0 Å². The Morgan fingerprint density at radius 2 is 1.76 bits per heavy atom. The lowest BCUT2D eigenvalue weighted by atomic mass is 9.92. The molecule has 1 atom stereocenters. The highest BCUT2D eigenvalue weighted by atomic mass is 16.5. The second-order valence-electron chi connectivity index (χ2n) is 8.86. The van der Waals surface area contributed by atoms with E-state index in [9.17, 15) is 14.7 Å². The number of fused-ring (bicyclic) bond motifs is 1. The molecule has 3 aromatic carbocycles. The summed E-state index contributed by atoms with van der Waals surface area (Å²) < 4.78 is 5.57. The molecule has 2 aliphatic rings. The van der Waals surface area contributed by atoms with Gasteiger partial charge in [-0.25, -0.2) is 0 Å². The number of hydrogen-bond donors (Lipinski definition) is 1. The molecule has 2 aliphatic heterocycles. The second kappa shape index (κ2) is 8.37. The molecule has 0 aromatic heterocycles. The number of aliphatic hydroxyl groups is 1. The van der Waals surface area contributed by atoms with Crippen LogP contribution in [0.1, 0.15) is 28.3 Å². The van der Waals surface area contributed by atoms with Crippen LogP contribution in [0.25, 0.3) is 5.76 Å². The molecule has 3 aromatic rings. The highest BCUT2D eigenvalue weighted by Gasteiger charge is 2.47. The molecule has 34 heavy (non-hydrogen) atoms. The van der Waals surface area contributed by atoms with Crippen molar-refractivity contribution in [3.8, 4) is 5.75 Å². The fraction of sp³-hybridized carbons (Fsp3) is 0.214. The maximum absolute atomic E-state index is 13.4. The van der Waals surface area contributed by atoms with Gasteiger partial charge in [-0.2, -0.15) is 0 Å². The Bertz CT molecular complexity index is 1320. The number of hydrogen-bond acceptors (Lipinski definition) is 5. The Balaban J connectivity index is 1.69. The summed E-state index contributed by atoms with van der Waals surface area (Å²) in [5.74, 6) is -0.738. The van der Waals surface area contributed by atoms with E-state index in [0.29, 0.717) is 17.9 Å². The molecule has 6 heteroatoms. The number of ketones is 1. The van der Waals surface area contributed by atoms with E-state index in [1.54, 1.807) is 12.1 Å². The van der Waals surface area contributed by atoms with E-state index in [1.807, 2.05) is 80.5 Å². The van der Waals surface area contributed by atoms with Gasteiger partial charge in [-0.3, -0.25) is 14.5 Å². The van der Waals surface area contributed by atoms with Crippen molar-refractivity contribution in [1.29, 1.82) is 0 Å². The van der Waals surface area contributed by atoms with Crippen LogP contribution in [0.4, 0.5) is 11.4 Å². The van der Waals surface area contributed by atoms with E-state index < -0.39 is 17.7 Å². The van der Waals surface area contributed by atoms with Crippen molar-refractivity contribution in [3.05, 3.63) is 94.6 Å². The number of anilines is 2. The van der Waals surface area contributed by atoms with Gasteiger partial charge in [0.05, 0.1) is 18.2 Å². The third-order valence-electron chi connectivity index (χ3n) is 6.53. The molecule has 2 heterocycles. The van der Waals surface area contributed by atoms with Crippen molar-refractivity contribution in [2.24, 2.45) is 0 Å². The number of rotatable bonds is 4. The molecule has 1 N–H and O–H groups in total. The van der Waals surface area contributed by atoms with E-state index in [4.69, 9.17) is 4.74 Å². The van der Waals surface area contributed by atoms with Crippen LogP contribution in [0, 0.1) is 6.92 Å². The van der Waals surface area contributed by atoms with Crippen LogP contribution in [0.3, 0.4) is 0 Å². The van der Waals surface area contributed by atoms with E-state index >= 15 is 0 Å². The van der Waals surface area contributed by atoms with Crippen molar-refractivity contribution >= 4 is 28.8 Å². The van der Waals surface area contributed by atoms with Gasteiger partial charge in [-0.05, 0) is 66.1 Å². The van der Waals surface area contributed by atoms with E-state index in [1.165, 1.54) is 4.90 Å². The SMILES string of the molecule is Cc1ccccc1C1/C(=C(\O)c2ccc3c(c2)CCO3)C(=O)C(=O)N1c1ccc(N(C)C)cc1. The predicted molar refractivity (Wildman–Crippen MR) is 132 cm³/mol. The molecule has 0 bridgehead atoms. The van der Waals surface area contributed by atoms with Gasteiger partial charge in [-0.1, -0.05) is 24.3 Å². The van der Waals surface area contributed by atoms with Crippen LogP contribution in [0.5, 0.6) is 5.75 Å². The normalized spacial score (nSPS) is 18.7. The lowest BCUT2D eigenvalue weighted by Crippen LogP contribution is -2.29. The second-order valence-corrected chi connectivity index (χ2v) is 8.86. The lowest BCUT2D eigenvalue weighted by Gasteiger charge is -2.27. The fourth-order valence-corrected chi connectivity index (χ4v) is 4.69. The number of nitrogens with zero attached hydrogens (tertiary/aromatic N) is 2. The van der Waals surface area contributed by atoms with Gasteiger partial charge in [-0.15, -0.1) is 0 Å². The molecule has 1 unspecified atom stereocenters. The van der Waals surface area contributed by atoms with Gasteiger partial charge >= 0.3 is 0 Å². The summed E-state index contributed by atoms with van der Waals surface area (Å²) in [5.41, 5.74) is 4.88. The topological polar surface area (TPSA) is 70.1 Å². The Kier molecular flexibility index (Phi) is 5.36. The van der Waals surface area contributed by atoms with Crippen molar-refractivity contribution in [1.82, 2.24) is 0 Å². The first-order valence-electron chi connectivity index (χ1n) is 11.3. The summed E-state index contributed by atoms with van der Waals surface area (Å²) in [6.45, 7) is 2.54. The number of ether oxygens (including phenoxy) is 1. The van der Waals surface area contributed by atoms with Gasteiger partial charge in [0.15, 0.2) is 0 Å². The standard InChI is InChI=1S/C28H26N2O4/c1-17-6-4-5-7-22(17)25-24(26(31)19-8-13-23-18(16-19)14-15-34-23)27(32)28(33)30(25)21-11-9-20(10-12-21)29(2)3/h4-13,16,25,31H,14-15H2,1-3H3/b26-24+. The highest BCUT2D eigenvalue weighted by molar-refractivity contribution is 6.51. The summed E-state index contributed by atoms with van der Waals surface area (Å²) in [6, 6.07) is 19.7. The molecule has 1 saturated heterocycles. The molecule has 5 rings (SSSR count).